The van der Waals surface area contributed by atoms with Crippen LogP contribution in [0.4, 0.5) is 5.69 Å². The summed E-state index contributed by atoms with van der Waals surface area (Å²) >= 11 is 0. The highest BCUT2D eigenvalue weighted by Gasteiger charge is 2.24. The van der Waals surface area contributed by atoms with E-state index in [0.29, 0.717) is 11.4 Å². The molecule has 2 rings (SSSR count). The van der Waals surface area contributed by atoms with Gasteiger partial charge in [-0.2, -0.15) is 0 Å². The number of para-hydroxylation sites is 1. The highest BCUT2D eigenvalue weighted by atomic mass is 16.5. The SMILES string of the molecule is CCOC(=O)CN(C)C(C)C(=O)Nc1c(C)n(C)n(-c2ccccc2)c1=O. The van der Waals surface area contributed by atoms with Gasteiger partial charge in [0, 0.05) is 7.05 Å². The molecule has 0 bridgehead atoms. The Balaban J connectivity index is 2.21. The van der Waals surface area contributed by atoms with Crippen LogP contribution in [0, 0.1) is 6.92 Å². The van der Waals surface area contributed by atoms with Crippen LogP contribution in [-0.2, 0) is 21.4 Å². The third-order valence-electron chi connectivity index (χ3n) is 4.53. The molecule has 0 saturated heterocycles. The topological polar surface area (TPSA) is 85.6 Å². The summed E-state index contributed by atoms with van der Waals surface area (Å²) in [6.07, 6.45) is 0. The molecule has 27 heavy (non-hydrogen) atoms. The highest BCUT2D eigenvalue weighted by molar-refractivity contribution is 5.95. The number of hydrogen-bond donors (Lipinski definition) is 1. The summed E-state index contributed by atoms with van der Waals surface area (Å²) in [6.45, 7) is 5.44. The van der Waals surface area contributed by atoms with Gasteiger partial charge in [-0.05, 0) is 40.0 Å². The van der Waals surface area contributed by atoms with Crippen LogP contribution < -0.4 is 10.9 Å². The van der Waals surface area contributed by atoms with Gasteiger partial charge < -0.3 is 10.1 Å². The molecule has 1 amide bonds. The van der Waals surface area contributed by atoms with Crippen molar-refractivity contribution in [2.45, 2.75) is 26.8 Å². The van der Waals surface area contributed by atoms with E-state index in [1.807, 2.05) is 30.3 Å². The summed E-state index contributed by atoms with van der Waals surface area (Å²) in [6, 6.07) is 8.58. The van der Waals surface area contributed by atoms with Crippen molar-refractivity contribution in [3.05, 3.63) is 46.4 Å². The molecule has 1 aromatic carbocycles. The smallest absolute Gasteiger partial charge is 0.320 e. The van der Waals surface area contributed by atoms with E-state index in [1.165, 1.54) is 4.68 Å². The zero-order chi connectivity index (χ0) is 20.1. The maximum absolute atomic E-state index is 12.8. The average molecular weight is 374 g/mol. The van der Waals surface area contributed by atoms with Crippen molar-refractivity contribution in [1.29, 1.82) is 0 Å². The lowest BCUT2D eigenvalue weighted by atomic mass is 10.2. The Kier molecular flexibility index (Phi) is 6.57. The number of nitrogens with zero attached hydrogens (tertiary/aromatic N) is 3. The fourth-order valence-corrected chi connectivity index (χ4v) is 2.69. The second kappa shape index (κ2) is 8.68. The first-order chi connectivity index (χ1) is 12.8. The van der Waals surface area contributed by atoms with Crippen LogP contribution in [0.5, 0.6) is 0 Å². The number of nitrogens with one attached hydrogen (secondary N) is 1. The molecule has 1 atom stereocenters. The van der Waals surface area contributed by atoms with E-state index in [-0.39, 0.29) is 30.3 Å². The molecule has 1 unspecified atom stereocenters. The van der Waals surface area contributed by atoms with Crippen molar-refractivity contribution in [3.63, 3.8) is 0 Å². The van der Waals surface area contributed by atoms with Gasteiger partial charge in [-0.25, -0.2) is 4.68 Å². The lowest BCUT2D eigenvalue weighted by Crippen LogP contribution is -2.43. The van der Waals surface area contributed by atoms with Crippen LogP contribution in [0.25, 0.3) is 5.69 Å². The van der Waals surface area contributed by atoms with Gasteiger partial charge in [-0.3, -0.25) is 24.0 Å². The molecule has 0 fully saturated rings. The number of esters is 1. The van der Waals surface area contributed by atoms with E-state index in [1.54, 1.807) is 44.4 Å². The maximum atomic E-state index is 12.8. The zero-order valence-corrected chi connectivity index (χ0v) is 16.4. The van der Waals surface area contributed by atoms with Gasteiger partial charge in [0.1, 0.15) is 5.69 Å². The van der Waals surface area contributed by atoms with Crippen molar-refractivity contribution >= 4 is 17.6 Å². The fourth-order valence-electron chi connectivity index (χ4n) is 2.69. The molecular formula is C19H26N4O4. The molecule has 0 saturated carbocycles. The van der Waals surface area contributed by atoms with Gasteiger partial charge in [0.2, 0.25) is 5.91 Å². The van der Waals surface area contributed by atoms with Crippen LogP contribution in [-0.4, -0.2) is 52.4 Å². The number of amides is 1. The first-order valence-electron chi connectivity index (χ1n) is 8.78. The number of benzene rings is 1. The normalized spacial score (nSPS) is 12.1. The lowest BCUT2D eigenvalue weighted by molar-refractivity contribution is -0.144. The number of hydrogen-bond acceptors (Lipinski definition) is 5. The third kappa shape index (κ3) is 4.46. The number of aromatic nitrogens is 2. The molecule has 0 spiro atoms. The Hall–Kier alpha value is -2.87. The zero-order valence-electron chi connectivity index (χ0n) is 16.4. The molecule has 0 aliphatic carbocycles. The molecule has 0 aliphatic heterocycles. The maximum Gasteiger partial charge on any atom is 0.320 e. The molecule has 1 heterocycles. The monoisotopic (exact) mass is 374 g/mol. The second-order valence-electron chi connectivity index (χ2n) is 6.32. The van der Waals surface area contributed by atoms with E-state index in [9.17, 15) is 14.4 Å². The van der Waals surface area contributed by atoms with Gasteiger partial charge in [-0.1, -0.05) is 18.2 Å². The molecule has 1 aromatic heterocycles. The van der Waals surface area contributed by atoms with E-state index in [2.05, 4.69) is 5.32 Å². The van der Waals surface area contributed by atoms with Crippen molar-refractivity contribution in [2.24, 2.45) is 7.05 Å². The summed E-state index contributed by atoms with van der Waals surface area (Å²) in [5.41, 5.74) is 1.26. The quantitative estimate of drug-likeness (QED) is 0.739. The fraction of sp³-hybridized carbons (Fsp3) is 0.421. The summed E-state index contributed by atoms with van der Waals surface area (Å²) in [4.78, 5) is 38.6. The lowest BCUT2D eigenvalue weighted by Gasteiger charge is -2.22. The largest absolute Gasteiger partial charge is 0.465 e. The number of likely N-dealkylation sites (N-methyl/N-ethyl adjacent to an activating group) is 1. The predicted molar refractivity (Wildman–Crippen MR) is 103 cm³/mol. The van der Waals surface area contributed by atoms with Gasteiger partial charge >= 0.3 is 5.97 Å². The van der Waals surface area contributed by atoms with Crippen LogP contribution in [0.15, 0.2) is 35.1 Å². The molecule has 8 nitrogen and oxygen atoms in total. The van der Waals surface area contributed by atoms with Gasteiger partial charge in [0.25, 0.3) is 5.56 Å². The highest BCUT2D eigenvalue weighted by Crippen LogP contribution is 2.14. The van der Waals surface area contributed by atoms with Gasteiger partial charge in [-0.15, -0.1) is 0 Å². The second-order valence-corrected chi connectivity index (χ2v) is 6.32. The van der Waals surface area contributed by atoms with E-state index < -0.39 is 12.0 Å². The number of carbonyl (C=O) groups is 2. The summed E-state index contributed by atoms with van der Waals surface area (Å²) in [7, 11) is 3.41. The first kappa shape index (κ1) is 20.4. The number of rotatable bonds is 7. The number of ether oxygens (including phenoxy) is 1. The molecular weight excluding hydrogens is 348 g/mol. The van der Waals surface area contributed by atoms with E-state index in [4.69, 9.17) is 4.74 Å². The van der Waals surface area contributed by atoms with E-state index >= 15 is 0 Å². The van der Waals surface area contributed by atoms with Crippen LogP contribution >= 0.6 is 0 Å². The third-order valence-corrected chi connectivity index (χ3v) is 4.53. The standard InChI is InChI=1S/C19H26N4O4/c1-6-27-16(24)12-21(4)14(3)18(25)20-17-13(2)22(5)23(19(17)26)15-10-8-7-9-11-15/h7-11,14H,6,12H2,1-5H3,(H,20,25). The molecule has 1 N–H and O–H groups in total. The van der Waals surface area contributed by atoms with Crippen molar-refractivity contribution in [2.75, 3.05) is 25.5 Å². The molecule has 0 aliphatic rings. The summed E-state index contributed by atoms with van der Waals surface area (Å²) in [5, 5.41) is 2.71. The Morgan fingerprint density at radius 1 is 1.26 bits per heavy atom. The predicted octanol–water partition coefficient (Wildman–Crippen LogP) is 1.31. The Labute approximate surface area is 158 Å². The van der Waals surface area contributed by atoms with Crippen LogP contribution in [0.2, 0.25) is 0 Å². The summed E-state index contributed by atoms with van der Waals surface area (Å²) in [5.74, 6) is -0.769. The molecule has 2 aromatic rings. The van der Waals surface area contributed by atoms with Crippen molar-refractivity contribution in [1.82, 2.24) is 14.3 Å². The van der Waals surface area contributed by atoms with Gasteiger partial charge in [0.05, 0.1) is 30.6 Å². The van der Waals surface area contributed by atoms with E-state index in [0.717, 1.165) is 0 Å². The average Bonchev–Trinajstić information content (AvgIpc) is 2.85. The number of carbonyl (C=O) groups excluding carboxylic acids is 2. The molecule has 0 radical (unpaired) electrons. The van der Waals surface area contributed by atoms with Crippen LogP contribution in [0.1, 0.15) is 19.5 Å². The van der Waals surface area contributed by atoms with Crippen LogP contribution in [0.3, 0.4) is 0 Å². The minimum Gasteiger partial charge on any atom is -0.465 e. The summed E-state index contributed by atoms with van der Waals surface area (Å²) < 4.78 is 8.09. The minimum absolute atomic E-state index is 0.00948. The van der Waals surface area contributed by atoms with Crippen molar-refractivity contribution < 1.29 is 14.3 Å². The first-order valence-corrected chi connectivity index (χ1v) is 8.78. The Morgan fingerprint density at radius 2 is 1.89 bits per heavy atom. The molecule has 8 heteroatoms. The Bertz CT molecular complexity index is 870. The molecule has 146 valence electrons. The Morgan fingerprint density at radius 3 is 2.48 bits per heavy atom. The van der Waals surface area contributed by atoms with Gasteiger partial charge in [0.15, 0.2) is 0 Å². The van der Waals surface area contributed by atoms with Crippen molar-refractivity contribution in [3.8, 4) is 5.69 Å². The number of anilines is 1. The minimum atomic E-state index is -0.612.